The average molecular weight is 394 g/mol. The summed E-state index contributed by atoms with van der Waals surface area (Å²) in [6.07, 6.45) is 7.85. The highest BCUT2D eigenvalue weighted by Crippen LogP contribution is 2.21. The van der Waals surface area contributed by atoms with E-state index in [0.29, 0.717) is 11.5 Å². The van der Waals surface area contributed by atoms with Crippen LogP contribution in [0, 0.1) is 0 Å². The molecule has 0 aromatic heterocycles. The third-order valence-electron chi connectivity index (χ3n) is 5.33. The SMILES string of the molecule is CCCCc1ccc(C(=O)OC(C)CCC=Nc2ccc(C(C)CC)cc2)cc1. The van der Waals surface area contributed by atoms with E-state index in [2.05, 4.69) is 50.0 Å². The lowest BCUT2D eigenvalue weighted by atomic mass is 9.99. The topological polar surface area (TPSA) is 38.7 Å². The van der Waals surface area contributed by atoms with E-state index >= 15 is 0 Å². The van der Waals surface area contributed by atoms with Crippen LogP contribution in [-0.2, 0) is 11.2 Å². The summed E-state index contributed by atoms with van der Waals surface area (Å²) in [4.78, 5) is 16.8. The first-order chi connectivity index (χ1) is 14.0. The van der Waals surface area contributed by atoms with Gasteiger partial charge < -0.3 is 4.74 Å². The quantitative estimate of drug-likeness (QED) is 0.297. The normalized spacial score (nSPS) is 13.4. The number of unbranched alkanes of at least 4 members (excludes halogenated alkanes) is 1. The Morgan fingerprint density at radius 3 is 2.34 bits per heavy atom. The number of rotatable bonds is 11. The molecule has 2 aromatic carbocycles. The van der Waals surface area contributed by atoms with Crippen LogP contribution in [0.5, 0.6) is 0 Å². The number of aliphatic imine (C=N–C) groups is 1. The van der Waals surface area contributed by atoms with Gasteiger partial charge in [0.2, 0.25) is 0 Å². The predicted octanol–water partition coefficient (Wildman–Crippen LogP) is 7.27. The maximum absolute atomic E-state index is 12.3. The van der Waals surface area contributed by atoms with Gasteiger partial charge in [-0.15, -0.1) is 0 Å². The van der Waals surface area contributed by atoms with Gasteiger partial charge in [0, 0.05) is 6.21 Å². The monoisotopic (exact) mass is 393 g/mol. The van der Waals surface area contributed by atoms with Crippen LogP contribution >= 0.6 is 0 Å². The van der Waals surface area contributed by atoms with Crippen molar-refractivity contribution in [1.29, 1.82) is 0 Å². The fraction of sp³-hybridized carbons (Fsp3) is 0.462. The first-order valence-corrected chi connectivity index (χ1v) is 11.0. The molecular weight excluding hydrogens is 358 g/mol. The number of nitrogens with zero attached hydrogens (tertiary/aromatic N) is 1. The molecule has 0 spiro atoms. The molecule has 3 nitrogen and oxygen atoms in total. The van der Waals surface area contributed by atoms with E-state index < -0.39 is 0 Å². The van der Waals surface area contributed by atoms with E-state index in [0.717, 1.165) is 31.4 Å². The van der Waals surface area contributed by atoms with Gasteiger partial charge in [0.05, 0.1) is 17.4 Å². The number of ether oxygens (including phenoxy) is 1. The molecule has 0 aliphatic carbocycles. The van der Waals surface area contributed by atoms with Gasteiger partial charge in [-0.25, -0.2) is 4.79 Å². The largest absolute Gasteiger partial charge is 0.459 e. The first-order valence-electron chi connectivity index (χ1n) is 11.0. The minimum absolute atomic E-state index is 0.138. The molecule has 156 valence electrons. The van der Waals surface area contributed by atoms with Crippen LogP contribution in [0.25, 0.3) is 0 Å². The molecule has 0 amide bonds. The van der Waals surface area contributed by atoms with Crippen LogP contribution in [0.1, 0.15) is 87.2 Å². The fourth-order valence-electron chi connectivity index (χ4n) is 3.10. The summed E-state index contributed by atoms with van der Waals surface area (Å²) >= 11 is 0. The molecule has 2 atom stereocenters. The Hall–Kier alpha value is -2.42. The van der Waals surface area contributed by atoms with E-state index in [1.165, 1.54) is 24.0 Å². The molecule has 2 aromatic rings. The summed E-state index contributed by atoms with van der Waals surface area (Å²) < 4.78 is 5.56. The Morgan fingerprint density at radius 1 is 1.03 bits per heavy atom. The lowest BCUT2D eigenvalue weighted by Gasteiger charge is -2.12. The van der Waals surface area contributed by atoms with Gasteiger partial charge in [0.25, 0.3) is 0 Å². The van der Waals surface area contributed by atoms with E-state index in [-0.39, 0.29) is 12.1 Å². The fourth-order valence-corrected chi connectivity index (χ4v) is 3.10. The molecule has 0 saturated carbocycles. The molecule has 0 saturated heterocycles. The maximum atomic E-state index is 12.3. The Labute approximate surface area is 176 Å². The minimum atomic E-state index is -0.253. The standard InChI is InChI=1S/C26H35NO2/c1-5-7-10-22-11-13-24(14-12-22)26(28)29-21(4)9-8-19-27-25-17-15-23(16-18-25)20(3)6-2/h11-21H,5-10H2,1-4H3. The highest BCUT2D eigenvalue weighted by Gasteiger charge is 2.11. The lowest BCUT2D eigenvalue weighted by Crippen LogP contribution is -2.15. The summed E-state index contributed by atoms with van der Waals surface area (Å²) in [5.41, 5.74) is 4.20. The number of carbonyl (C=O) groups is 1. The Balaban J connectivity index is 1.75. The van der Waals surface area contributed by atoms with Crippen LogP contribution in [0.3, 0.4) is 0 Å². The van der Waals surface area contributed by atoms with Crippen molar-refractivity contribution in [2.24, 2.45) is 4.99 Å². The van der Waals surface area contributed by atoms with Gasteiger partial charge in [0.15, 0.2) is 0 Å². The number of esters is 1. The van der Waals surface area contributed by atoms with Crippen molar-refractivity contribution < 1.29 is 9.53 Å². The molecule has 3 heteroatoms. The zero-order valence-corrected chi connectivity index (χ0v) is 18.4. The van der Waals surface area contributed by atoms with Crippen molar-refractivity contribution in [3.05, 3.63) is 65.2 Å². The Bertz CT molecular complexity index is 762. The van der Waals surface area contributed by atoms with Gasteiger partial charge in [-0.05, 0) is 80.3 Å². The van der Waals surface area contributed by atoms with Gasteiger partial charge >= 0.3 is 5.97 Å². The molecule has 0 N–H and O–H groups in total. The third kappa shape index (κ3) is 7.84. The first kappa shape index (κ1) is 22.9. The molecule has 2 rings (SSSR count). The van der Waals surface area contributed by atoms with E-state index in [9.17, 15) is 4.79 Å². The van der Waals surface area contributed by atoms with Crippen LogP contribution in [0.4, 0.5) is 5.69 Å². The highest BCUT2D eigenvalue weighted by molar-refractivity contribution is 5.89. The summed E-state index contributed by atoms with van der Waals surface area (Å²) in [5.74, 6) is 0.327. The lowest BCUT2D eigenvalue weighted by molar-refractivity contribution is 0.0329. The molecule has 2 unspecified atom stereocenters. The van der Waals surface area contributed by atoms with Crippen molar-refractivity contribution in [2.45, 2.75) is 78.2 Å². The minimum Gasteiger partial charge on any atom is -0.459 e. The number of hydrogen-bond donors (Lipinski definition) is 0. The van der Waals surface area contributed by atoms with Crippen LogP contribution < -0.4 is 0 Å². The van der Waals surface area contributed by atoms with Gasteiger partial charge in [-0.3, -0.25) is 4.99 Å². The number of hydrogen-bond acceptors (Lipinski definition) is 3. The van der Waals surface area contributed by atoms with Gasteiger partial charge in [-0.1, -0.05) is 51.5 Å². The molecule has 29 heavy (non-hydrogen) atoms. The Morgan fingerprint density at radius 2 is 1.72 bits per heavy atom. The molecule has 0 heterocycles. The molecule has 0 radical (unpaired) electrons. The number of carbonyl (C=O) groups excluding carboxylic acids is 1. The highest BCUT2D eigenvalue weighted by atomic mass is 16.5. The summed E-state index contributed by atoms with van der Waals surface area (Å²) in [5, 5.41) is 0. The zero-order valence-electron chi connectivity index (χ0n) is 18.4. The second kappa shape index (κ2) is 12.2. The van der Waals surface area contributed by atoms with Crippen LogP contribution in [0.2, 0.25) is 0 Å². The van der Waals surface area contributed by atoms with Crippen LogP contribution in [0.15, 0.2) is 53.5 Å². The number of aryl methyl sites for hydroxylation is 1. The van der Waals surface area contributed by atoms with E-state index in [1.54, 1.807) is 0 Å². The smallest absolute Gasteiger partial charge is 0.338 e. The molecule has 0 aliphatic heterocycles. The van der Waals surface area contributed by atoms with Gasteiger partial charge in [0.1, 0.15) is 0 Å². The second-order valence-electron chi connectivity index (χ2n) is 7.81. The third-order valence-corrected chi connectivity index (χ3v) is 5.33. The molecular formula is C26H35NO2. The van der Waals surface area contributed by atoms with Crippen molar-refractivity contribution in [3.63, 3.8) is 0 Å². The zero-order chi connectivity index (χ0) is 21.1. The van der Waals surface area contributed by atoms with Crippen molar-refractivity contribution in [1.82, 2.24) is 0 Å². The average Bonchev–Trinajstić information content (AvgIpc) is 2.75. The molecule has 0 bridgehead atoms. The van der Waals surface area contributed by atoms with E-state index in [4.69, 9.17) is 4.74 Å². The van der Waals surface area contributed by atoms with Crippen molar-refractivity contribution in [3.8, 4) is 0 Å². The second-order valence-corrected chi connectivity index (χ2v) is 7.81. The van der Waals surface area contributed by atoms with Crippen LogP contribution in [-0.4, -0.2) is 18.3 Å². The number of benzene rings is 2. The van der Waals surface area contributed by atoms with Crippen molar-refractivity contribution >= 4 is 17.9 Å². The van der Waals surface area contributed by atoms with Gasteiger partial charge in [-0.2, -0.15) is 0 Å². The summed E-state index contributed by atoms with van der Waals surface area (Å²) in [7, 11) is 0. The van der Waals surface area contributed by atoms with Crippen molar-refractivity contribution in [2.75, 3.05) is 0 Å². The Kier molecular flexibility index (Phi) is 9.63. The predicted molar refractivity (Wildman–Crippen MR) is 122 cm³/mol. The summed E-state index contributed by atoms with van der Waals surface area (Å²) in [6, 6.07) is 16.2. The molecule has 0 aliphatic rings. The summed E-state index contributed by atoms with van der Waals surface area (Å²) in [6.45, 7) is 8.55. The molecule has 0 fully saturated rings. The van der Waals surface area contributed by atoms with E-state index in [1.807, 2.05) is 37.4 Å². The maximum Gasteiger partial charge on any atom is 0.338 e.